The van der Waals surface area contributed by atoms with Gasteiger partial charge in [0.05, 0.1) is 10.8 Å². The lowest BCUT2D eigenvalue weighted by Crippen LogP contribution is -2.38. The van der Waals surface area contributed by atoms with Gasteiger partial charge in [-0.25, -0.2) is 0 Å². The molecule has 0 unspecified atom stereocenters. The zero-order valence-corrected chi connectivity index (χ0v) is 19.1. The molecule has 31 heavy (non-hydrogen) atoms. The number of carbonyl (C=O) groups excluding carboxylic acids is 1. The predicted molar refractivity (Wildman–Crippen MR) is 124 cm³/mol. The number of benzene rings is 2. The van der Waals surface area contributed by atoms with Crippen molar-refractivity contribution < 1.29 is 9.53 Å². The second-order valence-electron chi connectivity index (χ2n) is 7.70. The van der Waals surface area contributed by atoms with Gasteiger partial charge in [0.25, 0.3) is 0 Å². The molecule has 3 aromatic rings. The first kappa shape index (κ1) is 21.7. The molecular weight excluding hydrogens is 432 g/mol. The molecule has 4 rings (SSSR count). The number of anilines is 1. The first-order valence-electron chi connectivity index (χ1n) is 10.4. The van der Waals surface area contributed by atoms with Crippen molar-refractivity contribution in [2.75, 3.05) is 10.7 Å². The van der Waals surface area contributed by atoms with Crippen LogP contribution in [0, 0.1) is 0 Å². The Morgan fingerprint density at radius 1 is 1.16 bits per heavy atom. The van der Waals surface area contributed by atoms with Crippen LogP contribution in [0.3, 0.4) is 0 Å². The summed E-state index contributed by atoms with van der Waals surface area (Å²) >= 11 is 7.61. The Morgan fingerprint density at radius 2 is 1.87 bits per heavy atom. The lowest BCUT2D eigenvalue weighted by atomic mass is 10.2. The quantitative estimate of drug-likeness (QED) is 0.404. The number of carbonyl (C=O) groups is 1. The molecule has 0 radical (unpaired) electrons. The third-order valence-electron chi connectivity index (χ3n) is 4.98. The van der Waals surface area contributed by atoms with E-state index in [4.69, 9.17) is 16.3 Å². The molecule has 1 saturated carbocycles. The minimum atomic E-state index is 0.0467. The Balaban J connectivity index is 1.45. The van der Waals surface area contributed by atoms with Crippen LogP contribution in [0.5, 0.6) is 5.75 Å². The molecule has 0 N–H and O–H groups in total. The van der Waals surface area contributed by atoms with Gasteiger partial charge in [-0.3, -0.25) is 9.36 Å². The molecule has 0 bridgehead atoms. The number of hydrogen-bond acceptors (Lipinski definition) is 5. The number of ether oxygens (including phenoxy) is 1. The van der Waals surface area contributed by atoms with E-state index in [0.717, 1.165) is 29.5 Å². The van der Waals surface area contributed by atoms with Crippen LogP contribution in [0.1, 0.15) is 38.6 Å². The molecule has 1 fully saturated rings. The van der Waals surface area contributed by atoms with Crippen LogP contribution < -0.4 is 9.64 Å². The molecule has 0 aliphatic heterocycles. The zero-order chi connectivity index (χ0) is 21.8. The van der Waals surface area contributed by atoms with Gasteiger partial charge in [-0.15, -0.1) is 10.2 Å². The van der Waals surface area contributed by atoms with Crippen LogP contribution in [0.25, 0.3) is 0 Å². The summed E-state index contributed by atoms with van der Waals surface area (Å²) in [6.45, 7) is 4.32. The highest BCUT2D eigenvalue weighted by Crippen LogP contribution is 2.39. The van der Waals surface area contributed by atoms with E-state index in [2.05, 4.69) is 14.8 Å². The van der Waals surface area contributed by atoms with E-state index < -0.39 is 0 Å². The number of hydrogen-bond donors (Lipinski definition) is 0. The molecule has 8 heteroatoms. The van der Waals surface area contributed by atoms with E-state index in [1.807, 2.05) is 67.3 Å². The Morgan fingerprint density at radius 3 is 2.55 bits per heavy atom. The Labute approximate surface area is 191 Å². The molecule has 1 heterocycles. The number of thioether (sulfide) groups is 1. The van der Waals surface area contributed by atoms with Crippen LogP contribution in [0.4, 0.5) is 5.69 Å². The summed E-state index contributed by atoms with van der Waals surface area (Å²) in [6, 6.07) is 17.6. The minimum Gasteiger partial charge on any atom is -0.484 e. The Kier molecular flexibility index (Phi) is 6.83. The molecule has 0 atom stereocenters. The van der Waals surface area contributed by atoms with Crippen molar-refractivity contribution in [3.8, 4) is 5.75 Å². The van der Waals surface area contributed by atoms with E-state index in [1.165, 1.54) is 11.8 Å². The zero-order valence-electron chi connectivity index (χ0n) is 17.6. The first-order valence-corrected chi connectivity index (χ1v) is 11.7. The van der Waals surface area contributed by atoms with Crippen molar-refractivity contribution >= 4 is 35.0 Å². The van der Waals surface area contributed by atoms with Crippen molar-refractivity contribution in [2.24, 2.45) is 0 Å². The third kappa shape index (κ3) is 5.22. The second kappa shape index (κ2) is 9.75. The molecule has 6 nitrogen and oxygen atoms in total. The standard InChI is InChI=1S/C23H25ClN4O2S/c1-16(2)27(17-8-4-3-5-9-17)22(29)15-31-23-26-25-21(28(23)18-12-13-18)14-30-20-11-7-6-10-19(20)24/h3-11,16,18H,12-15H2,1-2H3. The van der Waals surface area contributed by atoms with E-state index >= 15 is 0 Å². The van der Waals surface area contributed by atoms with Crippen molar-refractivity contribution in [2.45, 2.75) is 50.5 Å². The highest BCUT2D eigenvalue weighted by Gasteiger charge is 2.30. The van der Waals surface area contributed by atoms with Gasteiger partial charge in [0.2, 0.25) is 5.91 Å². The third-order valence-corrected chi connectivity index (χ3v) is 6.22. The van der Waals surface area contributed by atoms with Crippen molar-refractivity contribution in [3.63, 3.8) is 0 Å². The maximum absolute atomic E-state index is 13.0. The number of amides is 1. The maximum Gasteiger partial charge on any atom is 0.237 e. The topological polar surface area (TPSA) is 60.3 Å². The van der Waals surface area contributed by atoms with Gasteiger partial charge >= 0.3 is 0 Å². The van der Waals surface area contributed by atoms with Gasteiger partial charge in [0.15, 0.2) is 11.0 Å². The summed E-state index contributed by atoms with van der Waals surface area (Å²) in [5.41, 5.74) is 0.903. The first-order chi connectivity index (χ1) is 15.0. The SMILES string of the molecule is CC(C)N(C(=O)CSc1nnc(COc2ccccc2Cl)n1C1CC1)c1ccccc1. The summed E-state index contributed by atoms with van der Waals surface area (Å²) < 4.78 is 7.98. The van der Waals surface area contributed by atoms with Gasteiger partial charge in [0, 0.05) is 17.8 Å². The van der Waals surface area contributed by atoms with Crippen LogP contribution in [-0.2, 0) is 11.4 Å². The van der Waals surface area contributed by atoms with Crippen LogP contribution in [0.2, 0.25) is 5.02 Å². The second-order valence-corrected chi connectivity index (χ2v) is 9.05. The largest absolute Gasteiger partial charge is 0.484 e. The predicted octanol–water partition coefficient (Wildman–Crippen LogP) is 5.38. The highest BCUT2D eigenvalue weighted by atomic mass is 35.5. The molecule has 1 amide bonds. The van der Waals surface area contributed by atoms with E-state index in [0.29, 0.717) is 22.6 Å². The number of halogens is 1. The molecule has 162 valence electrons. The van der Waals surface area contributed by atoms with E-state index in [1.54, 1.807) is 6.07 Å². The average molecular weight is 457 g/mol. The normalized spacial score (nSPS) is 13.4. The summed E-state index contributed by atoms with van der Waals surface area (Å²) in [4.78, 5) is 14.8. The van der Waals surface area contributed by atoms with Gasteiger partial charge in [-0.2, -0.15) is 0 Å². The van der Waals surface area contributed by atoms with Gasteiger partial charge in [0.1, 0.15) is 12.4 Å². The number of nitrogens with zero attached hydrogens (tertiary/aromatic N) is 4. The summed E-state index contributed by atoms with van der Waals surface area (Å²) in [6.07, 6.45) is 2.17. The summed E-state index contributed by atoms with van der Waals surface area (Å²) in [7, 11) is 0. The smallest absolute Gasteiger partial charge is 0.237 e. The van der Waals surface area contributed by atoms with E-state index in [-0.39, 0.29) is 18.6 Å². The fourth-order valence-electron chi connectivity index (χ4n) is 3.42. The van der Waals surface area contributed by atoms with Crippen LogP contribution >= 0.6 is 23.4 Å². The average Bonchev–Trinajstić information content (AvgIpc) is 3.52. The van der Waals surface area contributed by atoms with Gasteiger partial charge in [-0.05, 0) is 51.0 Å². The fourth-order valence-corrected chi connectivity index (χ4v) is 4.50. The Hall–Kier alpha value is -2.51. The number of para-hydroxylation sites is 2. The summed E-state index contributed by atoms with van der Waals surface area (Å²) in [5.74, 6) is 1.71. The number of aromatic nitrogens is 3. The monoisotopic (exact) mass is 456 g/mol. The maximum atomic E-state index is 13.0. The molecule has 1 aromatic heterocycles. The highest BCUT2D eigenvalue weighted by molar-refractivity contribution is 7.99. The lowest BCUT2D eigenvalue weighted by Gasteiger charge is -2.26. The van der Waals surface area contributed by atoms with Crippen LogP contribution in [0.15, 0.2) is 59.8 Å². The molecule has 0 saturated heterocycles. The fraction of sp³-hybridized carbons (Fsp3) is 0.348. The minimum absolute atomic E-state index is 0.0467. The van der Waals surface area contributed by atoms with Crippen molar-refractivity contribution in [3.05, 3.63) is 65.4 Å². The Bertz CT molecular complexity index is 1040. The summed E-state index contributed by atoms with van der Waals surface area (Å²) in [5, 5.41) is 10.0. The van der Waals surface area contributed by atoms with Gasteiger partial charge < -0.3 is 9.64 Å². The molecule has 1 aliphatic rings. The van der Waals surface area contributed by atoms with Crippen molar-refractivity contribution in [1.82, 2.24) is 14.8 Å². The lowest BCUT2D eigenvalue weighted by molar-refractivity contribution is -0.116. The van der Waals surface area contributed by atoms with E-state index in [9.17, 15) is 4.79 Å². The molecular formula is C23H25ClN4O2S. The van der Waals surface area contributed by atoms with Gasteiger partial charge in [-0.1, -0.05) is 53.7 Å². The molecule has 0 spiro atoms. The number of rotatable bonds is 9. The molecule has 2 aromatic carbocycles. The molecule has 1 aliphatic carbocycles. The van der Waals surface area contributed by atoms with Crippen molar-refractivity contribution in [1.29, 1.82) is 0 Å². The van der Waals surface area contributed by atoms with Crippen LogP contribution in [-0.4, -0.2) is 32.5 Å².